The van der Waals surface area contributed by atoms with E-state index in [9.17, 15) is 4.79 Å². The van der Waals surface area contributed by atoms with Crippen LogP contribution >= 0.6 is 0 Å². The second-order valence-electron chi connectivity index (χ2n) is 5.94. The van der Waals surface area contributed by atoms with E-state index in [0.29, 0.717) is 34.2 Å². The molecule has 0 aliphatic rings. The molecule has 1 aromatic carbocycles. The zero-order valence-corrected chi connectivity index (χ0v) is 15.4. The minimum atomic E-state index is -0.256. The number of nitrogens with one attached hydrogen (secondary N) is 2. The number of rotatable bonds is 6. The van der Waals surface area contributed by atoms with Crippen molar-refractivity contribution in [3.05, 3.63) is 41.5 Å². The van der Waals surface area contributed by atoms with Crippen LogP contribution in [0.25, 0.3) is 10.9 Å². The number of carbonyl (C=O) groups is 1. The Kier molecular flexibility index (Phi) is 4.79. The molecule has 0 radical (unpaired) electrons. The second-order valence-corrected chi connectivity index (χ2v) is 5.94. The molecule has 26 heavy (non-hydrogen) atoms. The summed E-state index contributed by atoms with van der Waals surface area (Å²) >= 11 is 0. The lowest BCUT2D eigenvalue weighted by Gasteiger charge is -2.12. The van der Waals surface area contributed by atoms with Crippen molar-refractivity contribution in [3.63, 3.8) is 0 Å². The number of hydrogen-bond donors (Lipinski definition) is 2. The van der Waals surface area contributed by atoms with Crippen LogP contribution in [0.5, 0.6) is 17.2 Å². The molecule has 138 valence electrons. The summed E-state index contributed by atoms with van der Waals surface area (Å²) in [5, 5.41) is 3.70. The zero-order valence-electron chi connectivity index (χ0n) is 15.4. The Labute approximate surface area is 151 Å². The fourth-order valence-electron chi connectivity index (χ4n) is 2.90. The molecule has 1 atom stereocenters. The van der Waals surface area contributed by atoms with Crippen molar-refractivity contribution < 1.29 is 23.4 Å². The first-order valence-corrected chi connectivity index (χ1v) is 8.17. The molecule has 2 aromatic heterocycles. The Bertz CT molecular complexity index is 941. The van der Waals surface area contributed by atoms with E-state index in [2.05, 4.69) is 10.3 Å². The fourth-order valence-corrected chi connectivity index (χ4v) is 2.90. The maximum atomic E-state index is 12.6. The highest BCUT2D eigenvalue weighted by molar-refractivity contribution is 6.01. The second kappa shape index (κ2) is 7.03. The number of ether oxygens (including phenoxy) is 3. The Morgan fingerprint density at radius 1 is 1.12 bits per heavy atom. The largest absolute Gasteiger partial charge is 0.493 e. The molecule has 1 amide bonds. The Morgan fingerprint density at radius 2 is 1.85 bits per heavy atom. The molecule has 2 heterocycles. The van der Waals surface area contributed by atoms with Gasteiger partial charge in [0.15, 0.2) is 11.5 Å². The Balaban J connectivity index is 1.94. The monoisotopic (exact) mass is 358 g/mol. The molecule has 0 saturated carbocycles. The fraction of sp³-hybridized carbons (Fsp3) is 0.316. The molecule has 0 aliphatic carbocycles. The maximum Gasteiger partial charge on any atom is 0.268 e. The number of aryl methyl sites for hydroxylation is 1. The van der Waals surface area contributed by atoms with Gasteiger partial charge < -0.3 is 28.9 Å². The summed E-state index contributed by atoms with van der Waals surface area (Å²) in [6.07, 6.45) is 0. The van der Waals surface area contributed by atoms with Crippen molar-refractivity contribution in [2.24, 2.45) is 0 Å². The third-order valence-corrected chi connectivity index (χ3v) is 4.20. The van der Waals surface area contributed by atoms with Crippen LogP contribution in [0.2, 0.25) is 0 Å². The zero-order chi connectivity index (χ0) is 18.8. The van der Waals surface area contributed by atoms with Gasteiger partial charge in [-0.25, -0.2) is 0 Å². The molecule has 0 saturated heterocycles. The van der Waals surface area contributed by atoms with Crippen LogP contribution in [0, 0.1) is 6.92 Å². The standard InChI is InChI=1S/C19H22N2O5/c1-10-6-7-14(26-10)11(2)20-19(22)13-8-12-9-15(23-3)17(24-4)18(25-5)16(12)21-13/h6-9,11,21H,1-5H3,(H,20,22)/t11-/m1/s1. The molecule has 0 spiro atoms. The molecule has 0 bridgehead atoms. The quantitative estimate of drug-likeness (QED) is 0.703. The van der Waals surface area contributed by atoms with E-state index in [1.54, 1.807) is 26.4 Å². The lowest BCUT2D eigenvalue weighted by Crippen LogP contribution is -2.26. The number of aromatic amines is 1. The minimum absolute atomic E-state index is 0.247. The van der Waals surface area contributed by atoms with Gasteiger partial charge in [0.05, 0.1) is 32.9 Å². The van der Waals surface area contributed by atoms with Gasteiger partial charge in [-0.2, -0.15) is 0 Å². The van der Waals surface area contributed by atoms with Gasteiger partial charge in [-0.15, -0.1) is 0 Å². The van der Waals surface area contributed by atoms with Gasteiger partial charge in [-0.3, -0.25) is 4.79 Å². The SMILES string of the molecule is COc1cc2cc(C(=O)N[C@H](C)c3ccc(C)o3)[nH]c2c(OC)c1OC. The predicted octanol–water partition coefficient (Wildman–Crippen LogP) is 3.59. The van der Waals surface area contributed by atoms with Crippen LogP contribution < -0.4 is 19.5 Å². The minimum Gasteiger partial charge on any atom is -0.493 e. The van der Waals surface area contributed by atoms with E-state index in [1.165, 1.54) is 7.11 Å². The molecule has 0 fully saturated rings. The summed E-state index contributed by atoms with van der Waals surface area (Å²) < 4.78 is 21.7. The highest BCUT2D eigenvalue weighted by atomic mass is 16.5. The van der Waals surface area contributed by atoms with Crippen LogP contribution in [-0.4, -0.2) is 32.2 Å². The molecule has 7 nitrogen and oxygen atoms in total. The number of carbonyl (C=O) groups excluding carboxylic acids is 1. The number of fused-ring (bicyclic) bond motifs is 1. The number of aromatic nitrogens is 1. The lowest BCUT2D eigenvalue weighted by atomic mass is 10.2. The van der Waals surface area contributed by atoms with E-state index in [4.69, 9.17) is 18.6 Å². The molecular formula is C19H22N2O5. The molecule has 3 rings (SSSR count). The summed E-state index contributed by atoms with van der Waals surface area (Å²) in [7, 11) is 4.63. The van der Waals surface area contributed by atoms with Gasteiger partial charge >= 0.3 is 0 Å². The van der Waals surface area contributed by atoms with Crippen molar-refractivity contribution in [1.82, 2.24) is 10.3 Å². The number of hydrogen-bond acceptors (Lipinski definition) is 5. The van der Waals surface area contributed by atoms with Crippen molar-refractivity contribution in [3.8, 4) is 17.2 Å². The van der Waals surface area contributed by atoms with Crippen LogP contribution in [0.3, 0.4) is 0 Å². The van der Waals surface area contributed by atoms with Crippen molar-refractivity contribution >= 4 is 16.8 Å². The van der Waals surface area contributed by atoms with Gasteiger partial charge in [-0.05, 0) is 38.1 Å². The van der Waals surface area contributed by atoms with E-state index < -0.39 is 0 Å². The van der Waals surface area contributed by atoms with Crippen molar-refractivity contribution in [2.45, 2.75) is 19.9 Å². The van der Waals surface area contributed by atoms with Gasteiger partial charge in [0.2, 0.25) is 5.75 Å². The highest BCUT2D eigenvalue weighted by Crippen LogP contribution is 2.43. The maximum absolute atomic E-state index is 12.6. The number of furan rings is 1. The van der Waals surface area contributed by atoms with Crippen molar-refractivity contribution in [2.75, 3.05) is 21.3 Å². The summed E-state index contributed by atoms with van der Waals surface area (Å²) in [6.45, 7) is 3.73. The van der Waals surface area contributed by atoms with Crippen LogP contribution in [0.15, 0.2) is 28.7 Å². The summed E-state index contributed by atoms with van der Waals surface area (Å²) in [5.41, 5.74) is 1.07. The average molecular weight is 358 g/mol. The topological polar surface area (TPSA) is 85.7 Å². The smallest absolute Gasteiger partial charge is 0.268 e. The molecule has 0 unspecified atom stereocenters. The van der Waals surface area contributed by atoms with Crippen LogP contribution in [0.1, 0.15) is 35.0 Å². The third kappa shape index (κ3) is 3.08. The van der Waals surface area contributed by atoms with E-state index in [-0.39, 0.29) is 11.9 Å². The summed E-state index contributed by atoms with van der Waals surface area (Å²) in [4.78, 5) is 15.7. The first-order valence-electron chi connectivity index (χ1n) is 8.17. The molecule has 7 heteroatoms. The Hall–Kier alpha value is -3.09. The summed E-state index contributed by atoms with van der Waals surface area (Å²) in [5.74, 6) is 2.74. The van der Waals surface area contributed by atoms with Crippen LogP contribution in [-0.2, 0) is 0 Å². The molecule has 2 N–H and O–H groups in total. The van der Waals surface area contributed by atoms with Crippen LogP contribution in [0.4, 0.5) is 0 Å². The first-order chi connectivity index (χ1) is 12.5. The van der Waals surface area contributed by atoms with Gasteiger partial charge in [0, 0.05) is 5.39 Å². The summed E-state index contributed by atoms with van der Waals surface area (Å²) in [6, 6.07) is 7.00. The van der Waals surface area contributed by atoms with Crippen molar-refractivity contribution in [1.29, 1.82) is 0 Å². The molecule has 0 aliphatic heterocycles. The molecule has 3 aromatic rings. The van der Waals surface area contributed by atoms with E-state index in [1.807, 2.05) is 26.0 Å². The Morgan fingerprint density at radius 3 is 2.42 bits per heavy atom. The van der Waals surface area contributed by atoms with E-state index >= 15 is 0 Å². The van der Waals surface area contributed by atoms with Gasteiger partial charge in [0.25, 0.3) is 5.91 Å². The first kappa shape index (κ1) is 17.7. The predicted molar refractivity (Wildman–Crippen MR) is 97.3 cm³/mol. The average Bonchev–Trinajstić information content (AvgIpc) is 3.25. The number of H-pyrrole nitrogens is 1. The number of benzene rings is 1. The number of amides is 1. The number of methoxy groups -OCH3 is 3. The van der Waals surface area contributed by atoms with Gasteiger partial charge in [0.1, 0.15) is 17.2 Å². The molecular weight excluding hydrogens is 336 g/mol. The highest BCUT2D eigenvalue weighted by Gasteiger charge is 2.21. The lowest BCUT2D eigenvalue weighted by molar-refractivity contribution is 0.0931. The normalized spacial score (nSPS) is 12.0. The van der Waals surface area contributed by atoms with E-state index in [0.717, 1.165) is 11.1 Å². The third-order valence-electron chi connectivity index (χ3n) is 4.20. The van der Waals surface area contributed by atoms with Gasteiger partial charge in [-0.1, -0.05) is 0 Å².